The van der Waals surface area contributed by atoms with E-state index in [1.807, 2.05) is 6.07 Å². The Hall–Kier alpha value is -0.610. The number of hydrogen-bond acceptors (Lipinski definition) is 3. The summed E-state index contributed by atoms with van der Waals surface area (Å²) in [5.74, 6) is 0. The van der Waals surface area contributed by atoms with E-state index in [1.54, 1.807) is 26.2 Å². The van der Waals surface area contributed by atoms with Gasteiger partial charge in [-0.2, -0.15) is 0 Å². The smallest absolute Gasteiger partial charge is 0.0763 e. The van der Waals surface area contributed by atoms with Crippen LogP contribution in [0.1, 0.15) is 13.8 Å². The van der Waals surface area contributed by atoms with Gasteiger partial charge in [0.1, 0.15) is 0 Å². The second-order valence-corrected chi connectivity index (χ2v) is 4.38. The van der Waals surface area contributed by atoms with Crippen LogP contribution in [0.15, 0.2) is 22.9 Å². The number of pyridine rings is 1. The maximum Gasteiger partial charge on any atom is 0.0763 e. The van der Waals surface area contributed by atoms with Crippen molar-refractivity contribution in [3.63, 3.8) is 0 Å². The molecular formula is C9H13BrN2O. The van der Waals surface area contributed by atoms with Gasteiger partial charge in [0.15, 0.2) is 0 Å². The molecule has 0 bridgehead atoms. The van der Waals surface area contributed by atoms with Crippen LogP contribution < -0.4 is 5.32 Å². The number of aliphatic hydroxyl groups is 1. The summed E-state index contributed by atoms with van der Waals surface area (Å²) in [6.07, 6.45) is 3.42. The molecule has 3 nitrogen and oxygen atoms in total. The van der Waals surface area contributed by atoms with Gasteiger partial charge in [-0.1, -0.05) is 0 Å². The first-order valence-electron chi connectivity index (χ1n) is 4.05. The molecule has 0 aliphatic carbocycles. The lowest BCUT2D eigenvalue weighted by molar-refractivity contribution is 0.0945. The first kappa shape index (κ1) is 10.5. The number of hydrogen-bond donors (Lipinski definition) is 2. The molecule has 1 aromatic heterocycles. The Morgan fingerprint density at radius 3 is 2.85 bits per heavy atom. The molecule has 0 saturated heterocycles. The summed E-state index contributed by atoms with van der Waals surface area (Å²) in [4.78, 5) is 3.94. The molecule has 1 aromatic rings. The van der Waals surface area contributed by atoms with Crippen molar-refractivity contribution in [2.75, 3.05) is 11.9 Å². The molecular weight excluding hydrogens is 232 g/mol. The summed E-state index contributed by atoms with van der Waals surface area (Å²) >= 11 is 3.36. The molecule has 4 heteroatoms. The molecule has 1 rings (SSSR count). The van der Waals surface area contributed by atoms with Crippen LogP contribution in [0.2, 0.25) is 0 Å². The van der Waals surface area contributed by atoms with Gasteiger partial charge >= 0.3 is 0 Å². The maximum absolute atomic E-state index is 9.48. The standard InChI is InChI=1S/C9H13BrN2O/c1-9(2,13)6-12-8-3-4-11-5-7(8)10/h3-5,13H,6H2,1-2H3,(H,11,12). The van der Waals surface area contributed by atoms with Gasteiger partial charge in [0.05, 0.1) is 15.8 Å². The van der Waals surface area contributed by atoms with Crippen molar-refractivity contribution < 1.29 is 5.11 Å². The number of anilines is 1. The van der Waals surface area contributed by atoms with E-state index in [0.29, 0.717) is 6.54 Å². The van der Waals surface area contributed by atoms with Crippen LogP contribution in [0.4, 0.5) is 5.69 Å². The van der Waals surface area contributed by atoms with Gasteiger partial charge in [-0.05, 0) is 35.8 Å². The predicted octanol–water partition coefficient (Wildman–Crippen LogP) is 2.03. The summed E-state index contributed by atoms with van der Waals surface area (Å²) in [7, 11) is 0. The van der Waals surface area contributed by atoms with Gasteiger partial charge in [0.2, 0.25) is 0 Å². The van der Waals surface area contributed by atoms with Gasteiger partial charge in [-0.25, -0.2) is 0 Å². The summed E-state index contributed by atoms with van der Waals surface area (Å²) in [6.45, 7) is 4.03. The van der Waals surface area contributed by atoms with Crippen molar-refractivity contribution in [1.29, 1.82) is 0 Å². The van der Waals surface area contributed by atoms with E-state index < -0.39 is 5.60 Å². The summed E-state index contributed by atoms with van der Waals surface area (Å²) in [5, 5.41) is 12.6. The fraction of sp³-hybridized carbons (Fsp3) is 0.444. The monoisotopic (exact) mass is 244 g/mol. The molecule has 0 radical (unpaired) electrons. The topological polar surface area (TPSA) is 45.1 Å². The molecule has 0 aromatic carbocycles. The Balaban J connectivity index is 2.60. The summed E-state index contributed by atoms with van der Waals surface area (Å²) in [5.41, 5.74) is 0.236. The largest absolute Gasteiger partial charge is 0.389 e. The van der Waals surface area contributed by atoms with Crippen molar-refractivity contribution in [3.05, 3.63) is 22.9 Å². The lowest BCUT2D eigenvalue weighted by Gasteiger charge is -2.18. The second-order valence-electron chi connectivity index (χ2n) is 3.52. The Morgan fingerprint density at radius 1 is 1.62 bits per heavy atom. The van der Waals surface area contributed by atoms with E-state index >= 15 is 0 Å². The van der Waals surface area contributed by atoms with Crippen molar-refractivity contribution in [1.82, 2.24) is 4.98 Å². The highest BCUT2D eigenvalue weighted by molar-refractivity contribution is 9.10. The quantitative estimate of drug-likeness (QED) is 0.856. The fourth-order valence-corrected chi connectivity index (χ4v) is 1.22. The molecule has 0 unspecified atom stereocenters. The van der Waals surface area contributed by atoms with Crippen LogP contribution in [0, 0.1) is 0 Å². The zero-order chi connectivity index (χ0) is 9.90. The zero-order valence-electron chi connectivity index (χ0n) is 7.71. The van der Waals surface area contributed by atoms with Gasteiger partial charge in [-0.3, -0.25) is 4.98 Å². The number of nitrogens with one attached hydrogen (secondary N) is 1. The molecule has 0 saturated carbocycles. The van der Waals surface area contributed by atoms with Gasteiger partial charge in [0, 0.05) is 18.9 Å². The molecule has 0 aliphatic rings. The van der Waals surface area contributed by atoms with E-state index in [0.717, 1.165) is 10.2 Å². The predicted molar refractivity (Wildman–Crippen MR) is 56.7 cm³/mol. The minimum absolute atomic E-state index is 0.510. The summed E-state index contributed by atoms with van der Waals surface area (Å²) in [6, 6.07) is 1.86. The molecule has 2 N–H and O–H groups in total. The Labute approximate surface area is 86.3 Å². The zero-order valence-corrected chi connectivity index (χ0v) is 9.30. The third kappa shape index (κ3) is 3.74. The summed E-state index contributed by atoms with van der Waals surface area (Å²) < 4.78 is 0.902. The molecule has 0 fully saturated rings. The van der Waals surface area contributed by atoms with E-state index in [9.17, 15) is 5.11 Å². The molecule has 0 spiro atoms. The van der Waals surface area contributed by atoms with Crippen LogP contribution in [0.3, 0.4) is 0 Å². The van der Waals surface area contributed by atoms with Crippen molar-refractivity contribution in [2.24, 2.45) is 0 Å². The van der Waals surface area contributed by atoms with Gasteiger partial charge in [-0.15, -0.1) is 0 Å². The Bertz CT molecular complexity index is 283. The highest BCUT2D eigenvalue weighted by Crippen LogP contribution is 2.20. The van der Waals surface area contributed by atoms with E-state index in [-0.39, 0.29) is 0 Å². The van der Waals surface area contributed by atoms with Crippen LogP contribution in [-0.4, -0.2) is 22.2 Å². The average molecular weight is 245 g/mol. The molecule has 1 heterocycles. The third-order valence-corrected chi connectivity index (χ3v) is 2.12. The van der Waals surface area contributed by atoms with E-state index in [2.05, 4.69) is 26.2 Å². The minimum Gasteiger partial charge on any atom is -0.389 e. The molecule has 72 valence electrons. The van der Waals surface area contributed by atoms with Crippen LogP contribution >= 0.6 is 15.9 Å². The SMILES string of the molecule is CC(C)(O)CNc1ccncc1Br. The lowest BCUT2D eigenvalue weighted by atomic mass is 10.1. The Kier molecular flexibility index (Phi) is 3.27. The van der Waals surface area contributed by atoms with Crippen LogP contribution in [0.5, 0.6) is 0 Å². The van der Waals surface area contributed by atoms with E-state index in [1.165, 1.54) is 0 Å². The van der Waals surface area contributed by atoms with Gasteiger partial charge in [0.25, 0.3) is 0 Å². The number of aromatic nitrogens is 1. The lowest BCUT2D eigenvalue weighted by Crippen LogP contribution is -2.29. The number of nitrogens with zero attached hydrogens (tertiary/aromatic N) is 1. The first-order chi connectivity index (χ1) is 5.99. The third-order valence-electron chi connectivity index (χ3n) is 1.48. The molecule has 13 heavy (non-hydrogen) atoms. The Morgan fingerprint density at radius 2 is 2.31 bits per heavy atom. The van der Waals surface area contributed by atoms with Crippen LogP contribution in [-0.2, 0) is 0 Å². The van der Waals surface area contributed by atoms with Crippen molar-refractivity contribution >= 4 is 21.6 Å². The number of rotatable bonds is 3. The maximum atomic E-state index is 9.48. The average Bonchev–Trinajstić information content (AvgIpc) is 2.01. The van der Waals surface area contributed by atoms with Crippen LogP contribution in [0.25, 0.3) is 0 Å². The molecule has 0 amide bonds. The normalized spacial score (nSPS) is 11.4. The van der Waals surface area contributed by atoms with Crippen molar-refractivity contribution in [2.45, 2.75) is 19.4 Å². The number of halogens is 1. The van der Waals surface area contributed by atoms with Crippen molar-refractivity contribution in [3.8, 4) is 0 Å². The first-order valence-corrected chi connectivity index (χ1v) is 4.84. The van der Waals surface area contributed by atoms with E-state index in [4.69, 9.17) is 0 Å². The highest BCUT2D eigenvalue weighted by atomic mass is 79.9. The van der Waals surface area contributed by atoms with Gasteiger partial charge < -0.3 is 10.4 Å². The molecule has 0 atom stereocenters. The molecule has 0 aliphatic heterocycles. The highest BCUT2D eigenvalue weighted by Gasteiger charge is 2.12. The fourth-order valence-electron chi connectivity index (χ4n) is 0.830. The second kappa shape index (κ2) is 4.07. The minimum atomic E-state index is -0.706.